The molecular weight excluding hydrogens is 260 g/mol. The highest BCUT2D eigenvalue weighted by molar-refractivity contribution is 6.01. The van der Waals surface area contributed by atoms with Crippen LogP contribution in [0.1, 0.15) is 41.0 Å². The molecule has 0 radical (unpaired) electrons. The molecule has 3 heteroatoms. The summed E-state index contributed by atoms with van der Waals surface area (Å²) in [5.41, 5.74) is 4.01. The number of benzene rings is 2. The lowest BCUT2D eigenvalue weighted by Crippen LogP contribution is -2.43. The van der Waals surface area contributed by atoms with E-state index in [0.29, 0.717) is 0 Å². The van der Waals surface area contributed by atoms with Crippen LogP contribution in [0.25, 0.3) is 0 Å². The van der Waals surface area contributed by atoms with Crippen LogP contribution in [-0.2, 0) is 0 Å². The minimum absolute atomic E-state index is 0.0905. The predicted octanol–water partition coefficient (Wildman–Crippen LogP) is 3.97. The number of nitrogens with one attached hydrogen (secondary N) is 1. The number of nitrogens with zero attached hydrogens (tertiary/aromatic N) is 1. The molecule has 1 amide bonds. The number of aryl methyl sites for hydroxylation is 1. The fraction of sp³-hybridized carbons (Fsp3) is 0.278. The molecule has 1 aliphatic rings. The SMILES string of the molecule is CCCN1C(=O)c2ccccc2NC1c1cccc(C)c1. The monoisotopic (exact) mass is 280 g/mol. The number of rotatable bonds is 3. The number of carbonyl (C=O) groups excluding carboxylic acids is 1. The van der Waals surface area contributed by atoms with Crippen molar-refractivity contribution in [1.82, 2.24) is 4.90 Å². The minimum atomic E-state index is -0.0905. The van der Waals surface area contributed by atoms with Crippen LogP contribution < -0.4 is 5.32 Å². The number of fused-ring (bicyclic) bond motifs is 1. The van der Waals surface area contributed by atoms with Crippen molar-refractivity contribution in [1.29, 1.82) is 0 Å². The Morgan fingerprint density at radius 2 is 1.95 bits per heavy atom. The average molecular weight is 280 g/mol. The van der Waals surface area contributed by atoms with E-state index in [1.165, 1.54) is 5.56 Å². The Labute approximate surface area is 125 Å². The zero-order chi connectivity index (χ0) is 14.8. The van der Waals surface area contributed by atoms with Crippen LogP contribution in [0.3, 0.4) is 0 Å². The number of carbonyl (C=O) groups is 1. The van der Waals surface area contributed by atoms with E-state index in [2.05, 4.69) is 37.4 Å². The first-order chi connectivity index (χ1) is 10.2. The number of hydrogen-bond donors (Lipinski definition) is 1. The van der Waals surface area contributed by atoms with Crippen LogP contribution >= 0.6 is 0 Å². The molecular formula is C18H20N2O. The van der Waals surface area contributed by atoms with Crippen LogP contribution in [-0.4, -0.2) is 17.4 Å². The highest BCUT2D eigenvalue weighted by Crippen LogP contribution is 2.33. The average Bonchev–Trinajstić information content (AvgIpc) is 2.50. The molecule has 3 rings (SSSR count). The van der Waals surface area contributed by atoms with Gasteiger partial charge in [-0.25, -0.2) is 0 Å². The summed E-state index contributed by atoms with van der Waals surface area (Å²) in [6.45, 7) is 4.92. The molecule has 1 aliphatic heterocycles. The summed E-state index contributed by atoms with van der Waals surface area (Å²) in [6.07, 6.45) is 0.852. The largest absolute Gasteiger partial charge is 0.361 e. The van der Waals surface area contributed by atoms with Crippen molar-refractivity contribution in [2.75, 3.05) is 11.9 Å². The standard InChI is InChI=1S/C18H20N2O/c1-3-11-20-17(14-8-6-7-13(2)12-14)19-16-10-5-4-9-15(16)18(20)21/h4-10,12,17,19H,3,11H2,1-2H3. The summed E-state index contributed by atoms with van der Waals surface area (Å²) in [5, 5.41) is 3.51. The second-order valence-corrected chi connectivity index (χ2v) is 5.51. The van der Waals surface area contributed by atoms with Crippen molar-refractivity contribution in [3.63, 3.8) is 0 Å². The molecule has 0 saturated carbocycles. The molecule has 3 nitrogen and oxygen atoms in total. The van der Waals surface area contributed by atoms with Crippen LogP contribution in [0.2, 0.25) is 0 Å². The molecule has 0 aromatic heterocycles. The zero-order valence-corrected chi connectivity index (χ0v) is 12.5. The molecule has 0 spiro atoms. The van der Waals surface area contributed by atoms with Gasteiger partial charge in [-0.2, -0.15) is 0 Å². The van der Waals surface area contributed by atoms with Gasteiger partial charge in [0.25, 0.3) is 5.91 Å². The van der Waals surface area contributed by atoms with Gasteiger partial charge >= 0.3 is 0 Å². The molecule has 0 saturated heterocycles. The topological polar surface area (TPSA) is 32.3 Å². The zero-order valence-electron chi connectivity index (χ0n) is 12.5. The molecule has 1 atom stereocenters. The summed E-state index contributed by atoms with van der Waals surface area (Å²) in [6, 6.07) is 16.1. The van der Waals surface area contributed by atoms with Crippen molar-refractivity contribution in [3.8, 4) is 0 Å². The summed E-state index contributed by atoms with van der Waals surface area (Å²) in [4.78, 5) is 14.7. The normalized spacial score (nSPS) is 17.3. The third-order valence-corrected chi connectivity index (χ3v) is 3.84. The smallest absolute Gasteiger partial charge is 0.257 e. The quantitative estimate of drug-likeness (QED) is 0.922. The summed E-state index contributed by atoms with van der Waals surface area (Å²) in [5.74, 6) is 0.109. The second-order valence-electron chi connectivity index (χ2n) is 5.51. The predicted molar refractivity (Wildman–Crippen MR) is 85.3 cm³/mol. The molecule has 1 heterocycles. The highest BCUT2D eigenvalue weighted by atomic mass is 16.2. The van der Waals surface area contributed by atoms with Gasteiger partial charge in [-0.05, 0) is 31.0 Å². The van der Waals surface area contributed by atoms with E-state index in [0.717, 1.165) is 29.8 Å². The Morgan fingerprint density at radius 3 is 2.71 bits per heavy atom. The third kappa shape index (κ3) is 2.51. The lowest BCUT2D eigenvalue weighted by Gasteiger charge is -2.38. The lowest BCUT2D eigenvalue weighted by atomic mass is 10.0. The van der Waals surface area contributed by atoms with Gasteiger partial charge in [0.1, 0.15) is 6.17 Å². The minimum Gasteiger partial charge on any atom is -0.361 e. The van der Waals surface area contributed by atoms with Crippen molar-refractivity contribution in [2.24, 2.45) is 0 Å². The molecule has 0 bridgehead atoms. The van der Waals surface area contributed by atoms with Gasteiger partial charge < -0.3 is 10.2 Å². The van der Waals surface area contributed by atoms with Crippen LogP contribution in [0.4, 0.5) is 5.69 Å². The molecule has 1 N–H and O–H groups in total. The summed E-state index contributed by atoms with van der Waals surface area (Å²) in [7, 11) is 0. The van der Waals surface area contributed by atoms with Gasteiger partial charge in [-0.15, -0.1) is 0 Å². The Bertz CT molecular complexity index is 666. The fourth-order valence-corrected chi connectivity index (χ4v) is 2.87. The Hall–Kier alpha value is -2.29. The number of hydrogen-bond acceptors (Lipinski definition) is 2. The fourth-order valence-electron chi connectivity index (χ4n) is 2.87. The van der Waals surface area contributed by atoms with E-state index in [9.17, 15) is 4.79 Å². The molecule has 2 aromatic rings. The van der Waals surface area contributed by atoms with E-state index < -0.39 is 0 Å². The van der Waals surface area contributed by atoms with E-state index in [1.54, 1.807) is 0 Å². The van der Waals surface area contributed by atoms with Gasteiger partial charge in [0.05, 0.1) is 5.56 Å². The Kier molecular flexibility index (Phi) is 3.65. The second kappa shape index (κ2) is 5.60. The summed E-state index contributed by atoms with van der Waals surface area (Å²) >= 11 is 0. The Morgan fingerprint density at radius 1 is 1.14 bits per heavy atom. The van der Waals surface area contributed by atoms with Gasteiger partial charge in [0.2, 0.25) is 0 Å². The van der Waals surface area contributed by atoms with E-state index in [1.807, 2.05) is 35.2 Å². The van der Waals surface area contributed by atoms with E-state index in [4.69, 9.17) is 0 Å². The maximum absolute atomic E-state index is 12.8. The molecule has 2 aromatic carbocycles. The van der Waals surface area contributed by atoms with Crippen molar-refractivity contribution < 1.29 is 4.79 Å². The van der Waals surface area contributed by atoms with E-state index >= 15 is 0 Å². The molecule has 1 unspecified atom stereocenters. The lowest BCUT2D eigenvalue weighted by molar-refractivity contribution is 0.0683. The van der Waals surface area contributed by atoms with Crippen molar-refractivity contribution in [3.05, 3.63) is 65.2 Å². The third-order valence-electron chi connectivity index (χ3n) is 3.84. The Balaban J connectivity index is 2.04. The first-order valence-electron chi connectivity index (χ1n) is 7.44. The number of amides is 1. The maximum atomic E-state index is 12.8. The van der Waals surface area contributed by atoms with Gasteiger partial charge in [0, 0.05) is 12.2 Å². The molecule has 21 heavy (non-hydrogen) atoms. The van der Waals surface area contributed by atoms with Crippen LogP contribution in [0.5, 0.6) is 0 Å². The molecule has 108 valence electrons. The van der Waals surface area contributed by atoms with Gasteiger partial charge in [-0.3, -0.25) is 4.79 Å². The van der Waals surface area contributed by atoms with E-state index in [-0.39, 0.29) is 12.1 Å². The number of para-hydroxylation sites is 1. The van der Waals surface area contributed by atoms with Crippen LogP contribution in [0, 0.1) is 6.92 Å². The van der Waals surface area contributed by atoms with Crippen molar-refractivity contribution in [2.45, 2.75) is 26.4 Å². The maximum Gasteiger partial charge on any atom is 0.257 e. The first kappa shape index (κ1) is 13.7. The number of anilines is 1. The van der Waals surface area contributed by atoms with Crippen molar-refractivity contribution >= 4 is 11.6 Å². The summed E-state index contributed by atoms with van der Waals surface area (Å²) < 4.78 is 0. The first-order valence-corrected chi connectivity index (χ1v) is 7.44. The highest BCUT2D eigenvalue weighted by Gasteiger charge is 2.31. The van der Waals surface area contributed by atoms with Gasteiger partial charge in [-0.1, -0.05) is 48.9 Å². The molecule has 0 aliphatic carbocycles. The van der Waals surface area contributed by atoms with Crippen LogP contribution in [0.15, 0.2) is 48.5 Å². The van der Waals surface area contributed by atoms with Gasteiger partial charge in [0.15, 0.2) is 0 Å². The molecule has 0 fully saturated rings.